The molecular formula is C18H28N2O2S. The van der Waals surface area contributed by atoms with Crippen molar-refractivity contribution in [2.24, 2.45) is 0 Å². The van der Waals surface area contributed by atoms with Crippen molar-refractivity contribution in [3.63, 3.8) is 0 Å². The summed E-state index contributed by atoms with van der Waals surface area (Å²) >= 11 is 1.61. The van der Waals surface area contributed by atoms with Gasteiger partial charge in [0.05, 0.1) is 11.4 Å². The predicted octanol–water partition coefficient (Wildman–Crippen LogP) is 3.39. The monoisotopic (exact) mass is 336 g/mol. The third kappa shape index (κ3) is 5.34. The number of aryl methyl sites for hydroxylation is 2. The van der Waals surface area contributed by atoms with Crippen LogP contribution in [0.1, 0.15) is 66.6 Å². The van der Waals surface area contributed by atoms with E-state index in [1.165, 1.54) is 41.0 Å². The summed E-state index contributed by atoms with van der Waals surface area (Å²) in [7, 11) is 1.70. The minimum absolute atomic E-state index is 0.0502. The Morgan fingerprint density at radius 1 is 1.17 bits per heavy atom. The molecule has 1 heterocycles. The zero-order valence-corrected chi connectivity index (χ0v) is 15.5. The number of rotatable bonds is 3. The van der Waals surface area contributed by atoms with Crippen molar-refractivity contribution in [2.45, 2.75) is 64.8 Å². The maximum atomic E-state index is 12.6. The van der Waals surface area contributed by atoms with E-state index in [-0.39, 0.29) is 23.9 Å². The molecule has 0 radical (unpaired) electrons. The van der Waals surface area contributed by atoms with Crippen molar-refractivity contribution in [3.8, 4) is 0 Å². The minimum atomic E-state index is -0.278. The van der Waals surface area contributed by atoms with E-state index in [1.54, 1.807) is 18.4 Å². The third-order valence-electron chi connectivity index (χ3n) is 3.95. The zero-order valence-electron chi connectivity index (χ0n) is 14.7. The minimum Gasteiger partial charge on any atom is -0.350 e. The SMILES string of the molecule is CN(CC(=O)NC(C)(C)C)C(=O)c1cc2c(s1)CCCCCC2. The normalized spacial score (nSPS) is 15.3. The number of fused-ring (bicyclic) bond motifs is 1. The maximum absolute atomic E-state index is 12.6. The molecule has 0 atom stereocenters. The number of amides is 2. The molecule has 23 heavy (non-hydrogen) atoms. The first-order valence-corrected chi connectivity index (χ1v) is 9.26. The lowest BCUT2D eigenvalue weighted by Crippen LogP contribution is -2.46. The summed E-state index contributed by atoms with van der Waals surface area (Å²) in [6, 6.07) is 2.05. The molecule has 2 rings (SSSR count). The molecule has 1 aliphatic rings. The summed E-state index contributed by atoms with van der Waals surface area (Å²) < 4.78 is 0. The first kappa shape index (κ1) is 18.0. The zero-order chi connectivity index (χ0) is 17.0. The van der Waals surface area contributed by atoms with Crippen LogP contribution in [0.2, 0.25) is 0 Å². The van der Waals surface area contributed by atoms with Crippen LogP contribution in [0.25, 0.3) is 0 Å². The highest BCUT2D eigenvalue weighted by molar-refractivity contribution is 7.14. The van der Waals surface area contributed by atoms with Gasteiger partial charge >= 0.3 is 0 Å². The molecule has 1 aromatic heterocycles. The molecule has 0 saturated heterocycles. The van der Waals surface area contributed by atoms with E-state index in [2.05, 4.69) is 5.32 Å². The number of thiophene rings is 1. The van der Waals surface area contributed by atoms with Crippen LogP contribution in [0.5, 0.6) is 0 Å². The van der Waals surface area contributed by atoms with Crippen LogP contribution in [0.4, 0.5) is 0 Å². The van der Waals surface area contributed by atoms with Crippen LogP contribution in [0.3, 0.4) is 0 Å². The highest BCUT2D eigenvalue weighted by Crippen LogP contribution is 2.29. The summed E-state index contributed by atoms with van der Waals surface area (Å²) in [5.41, 5.74) is 1.06. The average molecular weight is 337 g/mol. The van der Waals surface area contributed by atoms with Gasteiger partial charge in [0.15, 0.2) is 0 Å². The Labute approximate surface area is 143 Å². The highest BCUT2D eigenvalue weighted by Gasteiger charge is 2.21. The summed E-state index contributed by atoms with van der Waals surface area (Å²) in [5, 5.41) is 2.89. The van der Waals surface area contributed by atoms with E-state index in [0.717, 1.165) is 17.7 Å². The van der Waals surface area contributed by atoms with Crippen molar-refractivity contribution >= 4 is 23.2 Å². The second-order valence-electron chi connectivity index (χ2n) is 7.43. The molecular weight excluding hydrogens is 308 g/mol. The van der Waals surface area contributed by atoms with Crippen LogP contribution in [-0.4, -0.2) is 35.8 Å². The lowest BCUT2D eigenvalue weighted by atomic mass is 10.00. The first-order chi connectivity index (χ1) is 10.8. The van der Waals surface area contributed by atoms with Crippen LogP contribution in [0.15, 0.2) is 6.07 Å². The van der Waals surface area contributed by atoms with Crippen LogP contribution in [-0.2, 0) is 17.6 Å². The van der Waals surface area contributed by atoms with E-state index < -0.39 is 0 Å². The molecule has 1 aromatic rings. The lowest BCUT2D eigenvalue weighted by Gasteiger charge is -2.23. The first-order valence-electron chi connectivity index (χ1n) is 8.44. The van der Waals surface area contributed by atoms with Crippen LogP contribution in [0, 0.1) is 0 Å². The fraction of sp³-hybridized carbons (Fsp3) is 0.667. The average Bonchev–Trinajstić information content (AvgIpc) is 2.77. The summed E-state index contributed by atoms with van der Waals surface area (Å²) in [6.07, 6.45) is 7.15. The van der Waals surface area contributed by atoms with Gasteiger partial charge in [-0.2, -0.15) is 0 Å². The number of likely N-dealkylation sites (N-methyl/N-ethyl adjacent to an activating group) is 1. The van der Waals surface area contributed by atoms with Gasteiger partial charge < -0.3 is 10.2 Å². The van der Waals surface area contributed by atoms with Crippen molar-refractivity contribution < 1.29 is 9.59 Å². The molecule has 0 aliphatic heterocycles. The number of carbonyl (C=O) groups is 2. The fourth-order valence-corrected chi connectivity index (χ4v) is 4.13. The largest absolute Gasteiger partial charge is 0.350 e. The molecule has 0 aromatic carbocycles. The summed E-state index contributed by atoms with van der Waals surface area (Å²) in [5.74, 6) is -0.172. The molecule has 1 N–H and O–H groups in total. The van der Waals surface area contributed by atoms with Crippen molar-refractivity contribution in [3.05, 3.63) is 21.4 Å². The molecule has 0 unspecified atom stereocenters. The molecule has 0 fully saturated rings. The lowest BCUT2D eigenvalue weighted by molar-refractivity contribution is -0.122. The third-order valence-corrected chi connectivity index (χ3v) is 5.17. The number of hydrogen-bond donors (Lipinski definition) is 1. The number of carbonyl (C=O) groups excluding carboxylic acids is 2. The maximum Gasteiger partial charge on any atom is 0.264 e. The van der Waals surface area contributed by atoms with Gasteiger partial charge in [-0.3, -0.25) is 9.59 Å². The molecule has 0 bridgehead atoms. The Kier molecular flexibility index (Phi) is 5.84. The number of nitrogens with one attached hydrogen (secondary N) is 1. The smallest absolute Gasteiger partial charge is 0.264 e. The van der Waals surface area contributed by atoms with Gasteiger partial charge in [0.25, 0.3) is 5.91 Å². The summed E-state index contributed by atoms with van der Waals surface area (Å²) in [4.78, 5) is 28.2. The Morgan fingerprint density at radius 2 is 1.83 bits per heavy atom. The van der Waals surface area contributed by atoms with Gasteiger partial charge in [0.1, 0.15) is 0 Å². The highest BCUT2D eigenvalue weighted by atomic mass is 32.1. The number of hydrogen-bond acceptors (Lipinski definition) is 3. The molecule has 0 spiro atoms. The van der Waals surface area contributed by atoms with E-state index in [1.807, 2.05) is 26.8 Å². The molecule has 0 saturated carbocycles. The molecule has 128 valence electrons. The molecule has 4 nitrogen and oxygen atoms in total. The Bertz CT molecular complexity index is 547. The van der Waals surface area contributed by atoms with Gasteiger partial charge in [-0.15, -0.1) is 11.3 Å². The van der Waals surface area contributed by atoms with Gasteiger partial charge in [0.2, 0.25) is 5.91 Å². The fourth-order valence-electron chi connectivity index (χ4n) is 2.88. The van der Waals surface area contributed by atoms with E-state index >= 15 is 0 Å². The van der Waals surface area contributed by atoms with Crippen molar-refractivity contribution in [1.29, 1.82) is 0 Å². The Balaban J connectivity index is 2.02. The second-order valence-corrected chi connectivity index (χ2v) is 8.57. The van der Waals surface area contributed by atoms with E-state index in [4.69, 9.17) is 0 Å². The van der Waals surface area contributed by atoms with E-state index in [0.29, 0.717) is 0 Å². The predicted molar refractivity (Wildman–Crippen MR) is 95.1 cm³/mol. The second kappa shape index (κ2) is 7.47. The Hall–Kier alpha value is -1.36. The molecule has 5 heteroatoms. The summed E-state index contributed by atoms with van der Waals surface area (Å²) in [6.45, 7) is 5.91. The Morgan fingerprint density at radius 3 is 2.48 bits per heavy atom. The van der Waals surface area contributed by atoms with Gasteiger partial charge in [-0.25, -0.2) is 0 Å². The van der Waals surface area contributed by atoms with Gasteiger partial charge in [-0.05, 0) is 58.1 Å². The quantitative estimate of drug-likeness (QED) is 0.920. The van der Waals surface area contributed by atoms with E-state index in [9.17, 15) is 9.59 Å². The van der Waals surface area contributed by atoms with Crippen LogP contribution < -0.4 is 5.32 Å². The van der Waals surface area contributed by atoms with Crippen molar-refractivity contribution in [2.75, 3.05) is 13.6 Å². The number of nitrogens with zero attached hydrogens (tertiary/aromatic N) is 1. The topological polar surface area (TPSA) is 49.4 Å². The molecule has 1 aliphatic carbocycles. The van der Waals surface area contributed by atoms with Gasteiger partial charge in [0, 0.05) is 17.5 Å². The standard InChI is InChI=1S/C18H28N2O2S/c1-18(2,3)19-16(21)12-20(4)17(22)15-11-13-9-7-5-6-8-10-14(13)23-15/h11H,5-10,12H2,1-4H3,(H,19,21). The van der Waals surface area contributed by atoms with Gasteiger partial charge in [-0.1, -0.05) is 12.8 Å². The van der Waals surface area contributed by atoms with Crippen LogP contribution >= 0.6 is 11.3 Å². The van der Waals surface area contributed by atoms with Crippen molar-refractivity contribution in [1.82, 2.24) is 10.2 Å². The molecule has 2 amide bonds.